The van der Waals surface area contributed by atoms with Crippen molar-refractivity contribution in [2.45, 2.75) is 19.9 Å². The van der Waals surface area contributed by atoms with E-state index in [4.69, 9.17) is 5.73 Å². The van der Waals surface area contributed by atoms with Gasteiger partial charge in [0, 0.05) is 9.75 Å². The van der Waals surface area contributed by atoms with Gasteiger partial charge in [-0.15, -0.1) is 22.7 Å². The van der Waals surface area contributed by atoms with E-state index in [9.17, 15) is 4.79 Å². The van der Waals surface area contributed by atoms with Crippen LogP contribution < -0.4 is 11.1 Å². The number of carbonyl (C=O) groups is 1. The summed E-state index contributed by atoms with van der Waals surface area (Å²) in [5.41, 5.74) is 6.79. The van der Waals surface area contributed by atoms with Crippen LogP contribution in [0.15, 0.2) is 17.5 Å². The Kier molecular flexibility index (Phi) is 3.56. The van der Waals surface area contributed by atoms with E-state index in [0.717, 1.165) is 15.4 Å². The highest BCUT2D eigenvalue weighted by Crippen LogP contribution is 2.23. The van der Waals surface area contributed by atoms with Gasteiger partial charge in [0.1, 0.15) is 6.04 Å². The molecule has 0 spiro atoms. The topological polar surface area (TPSA) is 68.0 Å². The number of thiophene rings is 1. The zero-order chi connectivity index (χ0) is 12.4. The van der Waals surface area contributed by atoms with E-state index in [1.807, 2.05) is 31.4 Å². The van der Waals surface area contributed by atoms with Crippen LogP contribution in [0.1, 0.15) is 21.5 Å². The number of anilines is 1. The Morgan fingerprint density at radius 2 is 2.29 bits per heavy atom. The number of thiazole rings is 1. The molecule has 0 fully saturated rings. The molecule has 1 atom stereocenters. The molecule has 2 aromatic rings. The molecule has 0 aliphatic heterocycles. The Balaban J connectivity index is 2.07. The molecular formula is C11H13N3OS2. The van der Waals surface area contributed by atoms with Gasteiger partial charge in [0.2, 0.25) is 5.91 Å². The van der Waals surface area contributed by atoms with Crippen LogP contribution in [0.3, 0.4) is 0 Å². The van der Waals surface area contributed by atoms with E-state index in [0.29, 0.717) is 5.13 Å². The van der Waals surface area contributed by atoms with Crippen LogP contribution in [0.5, 0.6) is 0 Å². The van der Waals surface area contributed by atoms with Crippen molar-refractivity contribution in [3.8, 4) is 0 Å². The first-order valence-corrected chi connectivity index (χ1v) is 6.81. The van der Waals surface area contributed by atoms with Crippen molar-refractivity contribution in [2.24, 2.45) is 5.73 Å². The van der Waals surface area contributed by atoms with Gasteiger partial charge in [0.15, 0.2) is 5.13 Å². The summed E-state index contributed by atoms with van der Waals surface area (Å²) in [5.74, 6) is -0.221. The van der Waals surface area contributed by atoms with Gasteiger partial charge >= 0.3 is 0 Å². The number of hydrogen-bond acceptors (Lipinski definition) is 5. The zero-order valence-corrected chi connectivity index (χ0v) is 11.2. The molecule has 2 aromatic heterocycles. The predicted octanol–water partition coefficient (Wildman–Crippen LogP) is 2.46. The quantitative estimate of drug-likeness (QED) is 0.897. The summed E-state index contributed by atoms with van der Waals surface area (Å²) in [4.78, 5) is 18.1. The molecule has 0 saturated carbocycles. The number of nitrogens with zero attached hydrogens (tertiary/aromatic N) is 1. The average molecular weight is 267 g/mol. The first kappa shape index (κ1) is 12.2. The molecule has 90 valence electrons. The maximum atomic E-state index is 11.9. The standard InChI is InChI=1S/C11H13N3OS2/c1-6-7(2)17-11(13-6)14-10(15)9(12)8-4-3-5-16-8/h3-5,9H,12H2,1-2H3,(H,13,14,15). The fraction of sp³-hybridized carbons (Fsp3) is 0.273. The second-order valence-corrected chi connectivity index (χ2v) is 5.83. The van der Waals surface area contributed by atoms with Crippen molar-refractivity contribution in [1.82, 2.24) is 4.98 Å². The fourth-order valence-electron chi connectivity index (χ4n) is 1.31. The summed E-state index contributed by atoms with van der Waals surface area (Å²) in [5, 5.41) is 5.25. The van der Waals surface area contributed by atoms with E-state index in [-0.39, 0.29) is 5.91 Å². The molecule has 0 radical (unpaired) electrons. The predicted molar refractivity (Wildman–Crippen MR) is 71.5 cm³/mol. The minimum Gasteiger partial charge on any atom is -0.316 e. The van der Waals surface area contributed by atoms with Gasteiger partial charge in [-0.2, -0.15) is 0 Å². The number of nitrogens with one attached hydrogen (secondary N) is 1. The Morgan fingerprint density at radius 3 is 2.82 bits per heavy atom. The number of hydrogen-bond donors (Lipinski definition) is 2. The van der Waals surface area contributed by atoms with Gasteiger partial charge in [-0.05, 0) is 25.3 Å². The smallest absolute Gasteiger partial charge is 0.248 e. The van der Waals surface area contributed by atoms with Crippen molar-refractivity contribution in [2.75, 3.05) is 5.32 Å². The Morgan fingerprint density at radius 1 is 1.53 bits per heavy atom. The summed E-state index contributed by atoms with van der Waals surface area (Å²) in [7, 11) is 0. The van der Waals surface area contributed by atoms with Crippen molar-refractivity contribution < 1.29 is 4.79 Å². The summed E-state index contributed by atoms with van der Waals surface area (Å²) in [6.07, 6.45) is 0. The van der Waals surface area contributed by atoms with Crippen LogP contribution in [0.4, 0.5) is 5.13 Å². The molecule has 0 aliphatic rings. The van der Waals surface area contributed by atoms with E-state index in [1.165, 1.54) is 22.7 Å². The molecule has 1 amide bonds. The molecule has 6 heteroatoms. The van der Waals surface area contributed by atoms with Crippen LogP contribution in [0.25, 0.3) is 0 Å². The molecule has 3 N–H and O–H groups in total. The van der Waals surface area contributed by atoms with Crippen LogP contribution in [0, 0.1) is 13.8 Å². The number of aromatic nitrogens is 1. The third-order valence-electron chi connectivity index (χ3n) is 2.39. The highest BCUT2D eigenvalue weighted by molar-refractivity contribution is 7.15. The monoisotopic (exact) mass is 267 g/mol. The van der Waals surface area contributed by atoms with Crippen LogP contribution in [-0.4, -0.2) is 10.9 Å². The van der Waals surface area contributed by atoms with E-state index < -0.39 is 6.04 Å². The van der Waals surface area contributed by atoms with Crippen LogP contribution >= 0.6 is 22.7 Å². The fourth-order valence-corrected chi connectivity index (χ4v) is 2.85. The lowest BCUT2D eigenvalue weighted by molar-refractivity contribution is -0.117. The molecule has 17 heavy (non-hydrogen) atoms. The minimum absolute atomic E-state index is 0.221. The molecule has 1 unspecified atom stereocenters. The first-order chi connectivity index (χ1) is 8.08. The van der Waals surface area contributed by atoms with E-state index in [2.05, 4.69) is 10.3 Å². The molecule has 2 rings (SSSR count). The normalized spacial score (nSPS) is 12.4. The lowest BCUT2D eigenvalue weighted by atomic mass is 10.2. The molecule has 2 heterocycles. The summed E-state index contributed by atoms with van der Waals surface area (Å²) < 4.78 is 0. The molecule has 0 bridgehead atoms. The maximum absolute atomic E-state index is 11.9. The summed E-state index contributed by atoms with van der Waals surface area (Å²) in [6, 6.07) is 3.11. The Bertz CT molecular complexity index is 499. The van der Waals surface area contributed by atoms with Gasteiger partial charge in [0.05, 0.1) is 5.69 Å². The van der Waals surface area contributed by atoms with E-state index >= 15 is 0 Å². The average Bonchev–Trinajstić information content (AvgIpc) is 2.89. The lowest BCUT2D eigenvalue weighted by Crippen LogP contribution is -2.26. The maximum Gasteiger partial charge on any atom is 0.248 e. The van der Waals surface area contributed by atoms with Crippen molar-refractivity contribution in [3.63, 3.8) is 0 Å². The summed E-state index contributed by atoms with van der Waals surface area (Å²) in [6.45, 7) is 3.89. The van der Waals surface area contributed by atoms with E-state index in [1.54, 1.807) is 0 Å². The van der Waals surface area contributed by atoms with Crippen LogP contribution in [0.2, 0.25) is 0 Å². The Labute approximate surface area is 107 Å². The highest BCUT2D eigenvalue weighted by atomic mass is 32.1. The van der Waals surface area contributed by atoms with Gasteiger partial charge in [-0.1, -0.05) is 6.07 Å². The third kappa shape index (κ3) is 2.71. The first-order valence-electron chi connectivity index (χ1n) is 5.12. The molecule has 4 nitrogen and oxygen atoms in total. The molecule has 0 saturated heterocycles. The number of amides is 1. The van der Waals surface area contributed by atoms with Crippen molar-refractivity contribution >= 4 is 33.7 Å². The largest absolute Gasteiger partial charge is 0.316 e. The zero-order valence-electron chi connectivity index (χ0n) is 9.56. The van der Waals surface area contributed by atoms with Crippen molar-refractivity contribution in [1.29, 1.82) is 0 Å². The minimum atomic E-state index is -0.625. The number of carbonyl (C=O) groups excluding carboxylic acids is 1. The molecule has 0 aliphatic carbocycles. The highest BCUT2D eigenvalue weighted by Gasteiger charge is 2.18. The number of rotatable bonds is 3. The lowest BCUT2D eigenvalue weighted by Gasteiger charge is -2.08. The van der Waals surface area contributed by atoms with Gasteiger partial charge in [-0.3, -0.25) is 4.79 Å². The number of nitrogens with two attached hydrogens (primary N) is 1. The van der Waals surface area contributed by atoms with Gasteiger partial charge < -0.3 is 11.1 Å². The van der Waals surface area contributed by atoms with Gasteiger partial charge in [-0.25, -0.2) is 4.98 Å². The molecule has 0 aromatic carbocycles. The number of aryl methyl sites for hydroxylation is 2. The second-order valence-electron chi connectivity index (χ2n) is 3.64. The SMILES string of the molecule is Cc1nc(NC(=O)C(N)c2cccs2)sc1C. The third-order valence-corrected chi connectivity index (χ3v) is 4.33. The Hall–Kier alpha value is -1.24. The van der Waals surface area contributed by atoms with Gasteiger partial charge in [0.25, 0.3) is 0 Å². The molecular weight excluding hydrogens is 254 g/mol. The second kappa shape index (κ2) is 4.95. The summed E-state index contributed by atoms with van der Waals surface area (Å²) >= 11 is 2.94. The van der Waals surface area contributed by atoms with Crippen molar-refractivity contribution in [3.05, 3.63) is 33.0 Å². The van der Waals surface area contributed by atoms with Crippen LogP contribution in [-0.2, 0) is 4.79 Å².